The first-order chi connectivity index (χ1) is 16.0. The summed E-state index contributed by atoms with van der Waals surface area (Å²) >= 11 is 0. The number of fused-ring (bicyclic) bond motifs is 2. The Morgan fingerprint density at radius 3 is 2.30 bits per heavy atom. The highest BCUT2D eigenvalue weighted by molar-refractivity contribution is 7.89. The van der Waals surface area contributed by atoms with Crippen LogP contribution in [0.5, 0.6) is 0 Å². The standard InChI is InChI=1S/C26H35N3O3S/c1-27-33(30,31)25-7-5-6-21(16-25)26(32-2)22-10-11-23(26)19-28(18-22)17-20-8-12-24(13-9-20)29-14-3-4-15-29/h5-9,12-13,16,22-23,27H,3-4,10-11,14-15,17-19H2,1-2H3. The van der Waals surface area contributed by atoms with Gasteiger partial charge in [0.1, 0.15) is 5.60 Å². The average Bonchev–Trinajstić information content (AvgIpc) is 3.44. The number of benzene rings is 2. The van der Waals surface area contributed by atoms with Gasteiger partial charge in [0.2, 0.25) is 10.0 Å². The summed E-state index contributed by atoms with van der Waals surface area (Å²) in [5.41, 5.74) is 3.26. The van der Waals surface area contributed by atoms with Crippen LogP contribution in [0.1, 0.15) is 36.8 Å². The van der Waals surface area contributed by atoms with Crippen LogP contribution in [0.2, 0.25) is 0 Å². The molecule has 3 fully saturated rings. The molecule has 2 aromatic rings. The molecule has 0 spiro atoms. The first kappa shape index (κ1) is 22.8. The number of ether oxygens (including phenoxy) is 1. The Labute approximate surface area is 198 Å². The Balaban J connectivity index is 1.34. The summed E-state index contributed by atoms with van der Waals surface area (Å²) in [5.74, 6) is 0.690. The molecule has 33 heavy (non-hydrogen) atoms. The molecule has 2 atom stereocenters. The zero-order valence-corrected chi connectivity index (χ0v) is 20.5. The summed E-state index contributed by atoms with van der Waals surface area (Å²) in [4.78, 5) is 5.33. The summed E-state index contributed by atoms with van der Waals surface area (Å²) < 4.78 is 33.5. The lowest BCUT2D eigenvalue weighted by Crippen LogP contribution is -2.52. The van der Waals surface area contributed by atoms with Crippen molar-refractivity contribution in [3.63, 3.8) is 0 Å². The van der Waals surface area contributed by atoms with Crippen LogP contribution in [-0.2, 0) is 26.9 Å². The quantitative estimate of drug-likeness (QED) is 0.672. The van der Waals surface area contributed by atoms with Crippen molar-refractivity contribution in [2.24, 2.45) is 11.8 Å². The van der Waals surface area contributed by atoms with Gasteiger partial charge in [-0.1, -0.05) is 24.3 Å². The fourth-order valence-electron chi connectivity index (χ4n) is 6.44. The molecule has 3 aliphatic rings. The van der Waals surface area contributed by atoms with E-state index in [1.807, 2.05) is 18.2 Å². The minimum absolute atomic E-state index is 0.304. The monoisotopic (exact) mass is 469 g/mol. The van der Waals surface area contributed by atoms with E-state index in [2.05, 4.69) is 38.8 Å². The maximum atomic E-state index is 12.4. The molecule has 178 valence electrons. The molecule has 6 nitrogen and oxygen atoms in total. The van der Waals surface area contributed by atoms with Gasteiger partial charge in [0.25, 0.3) is 0 Å². The molecule has 0 amide bonds. The zero-order valence-electron chi connectivity index (χ0n) is 19.7. The largest absolute Gasteiger partial charge is 0.373 e. The van der Waals surface area contributed by atoms with Gasteiger partial charge in [-0.2, -0.15) is 0 Å². The van der Waals surface area contributed by atoms with Gasteiger partial charge < -0.3 is 9.64 Å². The molecule has 1 aliphatic carbocycles. The van der Waals surface area contributed by atoms with Crippen LogP contribution in [0.3, 0.4) is 0 Å². The maximum absolute atomic E-state index is 12.4. The molecule has 2 aliphatic heterocycles. The first-order valence-corrected chi connectivity index (χ1v) is 13.6. The lowest BCUT2D eigenvalue weighted by Gasteiger charge is -2.47. The second kappa shape index (κ2) is 9.02. The van der Waals surface area contributed by atoms with Crippen molar-refractivity contribution < 1.29 is 13.2 Å². The van der Waals surface area contributed by atoms with Crippen molar-refractivity contribution in [1.82, 2.24) is 9.62 Å². The van der Waals surface area contributed by atoms with Crippen LogP contribution >= 0.6 is 0 Å². The number of nitrogens with zero attached hydrogens (tertiary/aromatic N) is 2. The van der Waals surface area contributed by atoms with Crippen molar-refractivity contribution in [1.29, 1.82) is 0 Å². The second-order valence-corrected chi connectivity index (χ2v) is 11.6. The van der Waals surface area contributed by atoms with Crippen molar-refractivity contribution in [3.8, 4) is 0 Å². The Morgan fingerprint density at radius 2 is 1.70 bits per heavy atom. The van der Waals surface area contributed by atoms with E-state index in [0.29, 0.717) is 16.7 Å². The Hall–Kier alpha value is -1.93. The van der Waals surface area contributed by atoms with Crippen molar-refractivity contribution in [3.05, 3.63) is 59.7 Å². The third-order valence-electron chi connectivity index (χ3n) is 8.05. The van der Waals surface area contributed by atoms with E-state index in [-0.39, 0.29) is 0 Å². The molecule has 1 N–H and O–H groups in total. The summed E-state index contributed by atoms with van der Waals surface area (Å²) in [6, 6.07) is 16.4. The van der Waals surface area contributed by atoms with Crippen molar-refractivity contribution in [2.75, 3.05) is 45.2 Å². The molecular weight excluding hydrogens is 434 g/mol. The molecule has 2 saturated heterocycles. The van der Waals surface area contributed by atoms with Gasteiger partial charge in [-0.05, 0) is 68.1 Å². The first-order valence-electron chi connectivity index (χ1n) is 12.1. The van der Waals surface area contributed by atoms with Crippen molar-refractivity contribution >= 4 is 15.7 Å². The highest BCUT2D eigenvalue weighted by Gasteiger charge is 2.55. The highest BCUT2D eigenvalue weighted by Crippen LogP contribution is 2.54. The van der Waals surface area contributed by atoms with Gasteiger partial charge >= 0.3 is 0 Å². The summed E-state index contributed by atoms with van der Waals surface area (Å²) in [6.07, 6.45) is 4.80. The number of likely N-dealkylation sites (tertiary alicyclic amines) is 1. The molecule has 0 radical (unpaired) electrons. The predicted octanol–water partition coefficient (Wildman–Crippen LogP) is 3.58. The summed E-state index contributed by atoms with van der Waals surface area (Å²) in [6.45, 7) is 5.21. The normalized spacial score (nSPS) is 27.9. The number of nitrogens with one attached hydrogen (secondary N) is 1. The van der Waals surface area contributed by atoms with Gasteiger partial charge in [0.15, 0.2) is 0 Å². The van der Waals surface area contributed by atoms with Crippen LogP contribution in [0.4, 0.5) is 5.69 Å². The molecule has 5 rings (SSSR count). The number of rotatable bonds is 7. The van der Waals surface area contributed by atoms with Crippen LogP contribution in [-0.4, -0.2) is 53.7 Å². The summed E-state index contributed by atoms with van der Waals surface area (Å²) in [7, 11) is -0.248. The van der Waals surface area contributed by atoms with E-state index in [1.165, 1.54) is 44.2 Å². The lowest BCUT2D eigenvalue weighted by atomic mass is 9.75. The fraction of sp³-hybridized carbons (Fsp3) is 0.538. The van der Waals surface area contributed by atoms with E-state index in [0.717, 1.165) is 38.0 Å². The van der Waals surface area contributed by atoms with Crippen LogP contribution in [0, 0.1) is 11.8 Å². The van der Waals surface area contributed by atoms with E-state index < -0.39 is 15.6 Å². The fourth-order valence-corrected chi connectivity index (χ4v) is 7.21. The molecule has 1 saturated carbocycles. The van der Waals surface area contributed by atoms with Crippen LogP contribution in [0.15, 0.2) is 53.4 Å². The number of sulfonamides is 1. The average molecular weight is 470 g/mol. The lowest BCUT2D eigenvalue weighted by molar-refractivity contribution is -0.120. The number of hydrogen-bond donors (Lipinski definition) is 1. The van der Waals surface area contributed by atoms with Gasteiger partial charge in [0.05, 0.1) is 4.90 Å². The molecule has 2 bridgehead atoms. The third-order valence-corrected chi connectivity index (χ3v) is 9.46. The Bertz CT molecular complexity index is 1070. The minimum atomic E-state index is -3.49. The van der Waals surface area contributed by atoms with Crippen LogP contribution in [0.25, 0.3) is 0 Å². The summed E-state index contributed by atoms with van der Waals surface area (Å²) in [5, 5.41) is 0. The smallest absolute Gasteiger partial charge is 0.240 e. The second-order valence-electron chi connectivity index (χ2n) is 9.76. The van der Waals surface area contributed by atoms with E-state index in [9.17, 15) is 8.42 Å². The number of anilines is 1. The number of methoxy groups -OCH3 is 1. The molecule has 0 aromatic heterocycles. The van der Waals surface area contributed by atoms with E-state index in [1.54, 1.807) is 13.2 Å². The van der Waals surface area contributed by atoms with E-state index >= 15 is 0 Å². The van der Waals surface area contributed by atoms with Gasteiger partial charge in [-0.25, -0.2) is 13.1 Å². The number of hydrogen-bond acceptors (Lipinski definition) is 5. The SMILES string of the molecule is CNS(=O)(=O)c1cccc(C2(OC)C3CCC2CN(Cc2ccc(N4CCCC4)cc2)C3)c1. The Kier molecular flexibility index (Phi) is 6.25. The van der Waals surface area contributed by atoms with Gasteiger partial charge in [-0.15, -0.1) is 0 Å². The number of piperidine rings is 1. The highest BCUT2D eigenvalue weighted by atomic mass is 32.2. The molecule has 2 aromatic carbocycles. The van der Waals surface area contributed by atoms with Crippen LogP contribution < -0.4 is 9.62 Å². The predicted molar refractivity (Wildman–Crippen MR) is 131 cm³/mol. The van der Waals surface area contributed by atoms with Gasteiger partial charge in [-0.3, -0.25) is 4.90 Å². The molecule has 7 heteroatoms. The minimum Gasteiger partial charge on any atom is -0.373 e. The van der Waals surface area contributed by atoms with E-state index in [4.69, 9.17) is 4.74 Å². The van der Waals surface area contributed by atoms with Gasteiger partial charge in [0, 0.05) is 57.4 Å². The maximum Gasteiger partial charge on any atom is 0.240 e. The zero-order chi connectivity index (χ0) is 23.1. The van der Waals surface area contributed by atoms with Crippen molar-refractivity contribution in [2.45, 2.75) is 42.7 Å². The molecular formula is C26H35N3O3S. The third kappa shape index (κ3) is 4.09. The Morgan fingerprint density at radius 1 is 1.03 bits per heavy atom. The topological polar surface area (TPSA) is 61.9 Å². The molecule has 2 heterocycles. The molecule has 2 unspecified atom stereocenters.